The first-order valence-corrected chi connectivity index (χ1v) is 8.29. The van der Waals surface area contributed by atoms with Gasteiger partial charge in [-0.05, 0) is 34.7 Å². The minimum atomic E-state index is -4.55. The van der Waals surface area contributed by atoms with Crippen LogP contribution < -0.4 is 5.32 Å². The van der Waals surface area contributed by atoms with Crippen LogP contribution in [-0.2, 0) is 17.5 Å². The van der Waals surface area contributed by atoms with Crippen molar-refractivity contribution < 1.29 is 22.4 Å². The number of carbonyl (C=O) groups is 1. The summed E-state index contributed by atoms with van der Waals surface area (Å²) in [5, 5.41) is 13.7. The van der Waals surface area contributed by atoms with Crippen LogP contribution in [0.5, 0.6) is 0 Å². The van der Waals surface area contributed by atoms with E-state index in [2.05, 4.69) is 20.8 Å². The summed E-state index contributed by atoms with van der Waals surface area (Å²) in [7, 11) is 0. The fraction of sp³-hybridized carbons (Fsp3) is 0.200. The molecule has 0 unspecified atom stereocenters. The minimum Gasteiger partial charge on any atom is -0.467 e. The molecule has 26 heavy (non-hydrogen) atoms. The number of rotatable bonds is 6. The van der Waals surface area contributed by atoms with Crippen molar-refractivity contribution in [2.75, 3.05) is 11.1 Å². The van der Waals surface area contributed by atoms with E-state index in [1.54, 1.807) is 12.1 Å². The Hall–Kier alpha value is -2.82. The number of para-hydroxylation sites is 1. The van der Waals surface area contributed by atoms with E-state index in [9.17, 15) is 18.0 Å². The highest BCUT2D eigenvalue weighted by atomic mass is 32.2. The number of furan rings is 1. The van der Waals surface area contributed by atoms with Crippen LogP contribution in [0.4, 0.5) is 18.9 Å². The van der Waals surface area contributed by atoms with Crippen LogP contribution in [0.2, 0.25) is 0 Å². The highest BCUT2D eigenvalue weighted by Gasteiger charge is 2.33. The van der Waals surface area contributed by atoms with Crippen LogP contribution >= 0.6 is 11.8 Å². The lowest BCUT2D eigenvalue weighted by Gasteiger charge is -2.13. The Bertz CT molecular complexity index is 880. The summed E-state index contributed by atoms with van der Waals surface area (Å²) in [5.74, 6) is -0.119. The maximum Gasteiger partial charge on any atom is 0.418 e. The zero-order valence-corrected chi connectivity index (χ0v) is 13.9. The molecule has 0 saturated heterocycles. The average Bonchev–Trinajstić information content (AvgIpc) is 3.25. The largest absolute Gasteiger partial charge is 0.467 e. The van der Waals surface area contributed by atoms with Gasteiger partial charge < -0.3 is 9.73 Å². The number of hydrogen-bond donors (Lipinski definition) is 1. The molecule has 3 rings (SSSR count). The summed E-state index contributed by atoms with van der Waals surface area (Å²) < 4.78 is 45.5. The third-order valence-corrected chi connectivity index (χ3v) is 4.18. The molecule has 0 saturated carbocycles. The van der Waals surface area contributed by atoms with Crippen molar-refractivity contribution in [3.05, 3.63) is 54.0 Å². The number of tetrazole rings is 1. The van der Waals surface area contributed by atoms with Crippen LogP contribution in [0.1, 0.15) is 11.3 Å². The number of benzene rings is 1. The van der Waals surface area contributed by atoms with Gasteiger partial charge in [0.15, 0.2) is 0 Å². The Morgan fingerprint density at radius 2 is 2.04 bits per heavy atom. The first-order valence-electron chi connectivity index (χ1n) is 7.31. The maximum atomic E-state index is 12.9. The van der Waals surface area contributed by atoms with Gasteiger partial charge in [-0.2, -0.15) is 13.2 Å². The summed E-state index contributed by atoms with van der Waals surface area (Å²) in [6.07, 6.45) is -3.04. The molecule has 3 aromatic rings. The van der Waals surface area contributed by atoms with Crippen LogP contribution in [0.25, 0.3) is 0 Å². The fourth-order valence-electron chi connectivity index (χ4n) is 2.10. The van der Waals surface area contributed by atoms with Gasteiger partial charge in [0.05, 0.1) is 23.3 Å². The molecule has 2 heterocycles. The summed E-state index contributed by atoms with van der Waals surface area (Å²) in [5.41, 5.74) is -1.19. The van der Waals surface area contributed by atoms with Crippen molar-refractivity contribution in [1.29, 1.82) is 0 Å². The SMILES string of the molecule is O=C(CSc1nnnn1Cc1ccco1)Nc1ccccc1C(F)(F)F. The molecule has 7 nitrogen and oxygen atoms in total. The molecule has 0 bridgehead atoms. The van der Waals surface area contributed by atoms with Gasteiger partial charge in [-0.3, -0.25) is 4.79 Å². The van der Waals surface area contributed by atoms with Gasteiger partial charge in [-0.25, -0.2) is 4.68 Å². The molecule has 0 spiro atoms. The van der Waals surface area contributed by atoms with Gasteiger partial charge in [0.25, 0.3) is 0 Å². The second kappa shape index (κ2) is 7.60. The van der Waals surface area contributed by atoms with Gasteiger partial charge in [0, 0.05) is 0 Å². The number of nitrogens with one attached hydrogen (secondary N) is 1. The Morgan fingerprint density at radius 3 is 2.77 bits per heavy atom. The molecule has 0 fully saturated rings. The lowest BCUT2D eigenvalue weighted by atomic mass is 10.1. The quantitative estimate of drug-likeness (QED) is 0.659. The first kappa shape index (κ1) is 18.0. The second-order valence-corrected chi connectivity index (χ2v) is 6.02. The van der Waals surface area contributed by atoms with Gasteiger partial charge in [-0.1, -0.05) is 23.9 Å². The molecular formula is C15H12F3N5O2S. The molecule has 0 aliphatic rings. The third kappa shape index (κ3) is 4.42. The zero-order valence-electron chi connectivity index (χ0n) is 13.1. The molecule has 1 amide bonds. The molecule has 1 aromatic carbocycles. The van der Waals surface area contributed by atoms with E-state index in [1.807, 2.05) is 0 Å². The Balaban J connectivity index is 1.62. The number of carbonyl (C=O) groups excluding carboxylic acids is 1. The smallest absolute Gasteiger partial charge is 0.418 e. The average molecular weight is 383 g/mol. The molecule has 0 atom stereocenters. The molecule has 2 aromatic heterocycles. The topological polar surface area (TPSA) is 85.8 Å². The van der Waals surface area contributed by atoms with Crippen LogP contribution in [0, 0.1) is 0 Å². The van der Waals surface area contributed by atoms with Gasteiger partial charge in [0.2, 0.25) is 11.1 Å². The van der Waals surface area contributed by atoms with E-state index in [1.165, 1.54) is 29.1 Å². The maximum absolute atomic E-state index is 12.9. The van der Waals surface area contributed by atoms with Gasteiger partial charge in [-0.15, -0.1) is 5.10 Å². The predicted octanol–water partition coefficient (Wildman–Crippen LogP) is 3.06. The third-order valence-electron chi connectivity index (χ3n) is 3.22. The number of nitrogens with zero attached hydrogens (tertiary/aromatic N) is 4. The predicted molar refractivity (Wildman–Crippen MR) is 86.4 cm³/mol. The number of aromatic nitrogens is 4. The molecule has 1 N–H and O–H groups in total. The molecule has 0 aliphatic carbocycles. The van der Waals surface area contributed by atoms with E-state index < -0.39 is 17.6 Å². The molecule has 136 valence electrons. The van der Waals surface area contributed by atoms with E-state index in [-0.39, 0.29) is 18.0 Å². The lowest BCUT2D eigenvalue weighted by molar-refractivity contribution is -0.137. The van der Waals surface area contributed by atoms with E-state index in [0.717, 1.165) is 17.8 Å². The van der Waals surface area contributed by atoms with Crippen LogP contribution in [0.15, 0.2) is 52.2 Å². The Labute approximate surface area is 149 Å². The normalized spacial score (nSPS) is 11.5. The zero-order chi connectivity index (χ0) is 18.6. The summed E-state index contributed by atoms with van der Waals surface area (Å²) >= 11 is 1.01. The van der Waals surface area contributed by atoms with E-state index >= 15 is 0 Å². The number of alkyl halides is 3. The van der Waals surface area contributed by atoms with Gasteiger partial charge in [0.1, 0.15) is 12.3 Å². The number of hydrogen-bond acceptors (Lipinski definition) is 6. The van der Waals surface area contributed by atoms with Gasteiger partial charge >= 0.3 is 6.18 Å². The molecular weight excluding hydrogens is 371 g/mol. The Kier molecular flexibility index (Phi) is 5.26. The van der Waals surface area contributed by atoms with E-state index in [4.69, 9.17) is 4.42 Å². The molecule has 11 heteroatoms. The van der Waals surface area contributed by atoms with Crippen molar-refractivity contribution in [2.45, 2.75) is 17.9 Å². The standard InChI is InChI=1S/C15H12F3N5O2S/c16-15(17,18)11-5-1-2-6-12(11)19-13(24)9-26-14-20-21-22-23(14)8-10-4-3-7-25-10/h1-7H,8-9H2,(H,19,24). The number of amides is 1. The first-order chi connectivity index (χ1) is 12.4. The minimum absolute atomic E-state index is 0.148. The summed E-state index contributed by atoms with van der Waals surface area (Å²) in [6, 6.07) is 8.26. The summed E-state index contributed by atoms with van der Waals surface area (Å²) in [4.78, 5) is 12.0. The molecule has 0 radical (unpaired) electrons. The van der Waals surface area contributed by atoms with E-state index in [0.29, 0.717) is 10.9 Å². The number of halogens is 3. The van der Waals surface area contributed by atoms with Crippen molar-refractivity contribution in [3.63, 3.8) is 0 Å². The lowest BCUT2D eigenvalue weighted by Crippen LogP contribution is -2.18. The second-order valence-electron chi connectivity index (χ2n) is 5.08. The Morgan fingerprint density at radius 1 is 1.23 bits per heavy atom. The fourth-order valence-corrected chi connectivity index (χ4v) is 2.78. The van der Waals surface area contributed by atoms with Crippen LogP contribution in [0.3, 0.4) is 0 Å². The molecule has 0 aliphatic heterocycles. The van der Waals surface area contributed by atoms with Crippen molar-refractivity contribution in [1.82, 2.24) is 20.2 Å². The van der Waals surface area contributed by atoms with Crippen molar-refractivity contribution in [3.8, 4) is 0 Å². The summed E-state index contributed by atoms with van der Waals surface area (Å²) in [6.45, 7) is 0.279. The van der Waals surface area contributed by atoms with Crippen LogP contribution in [-0.4, -0.2) is 31.9 Å². The monoisotopic (exact) mass is 383 g/mol. The van der Waals surface area contributed by atoms with Crippen molar-refractivity contribution in [2.24, 2.45) is 0 Å². The highest BCUT2D eigenvalue weighted by Crippen LogP contribution is 2.34. The number of thioether (sulfide) groups is 1. The highest BCUT2D eigenvalue weighted by molar-refractivity contribution is 7.99. The number of anilines is 1. The van der Waals surface area contributed by atoms with Crippen molar-refractivity contribution >= 4 is 23.4 Å².